The molecule has 0 atom stereocenters. The summed E-state index contributed by atoms with van der Waals surface area (Å²) in [6.07, 6.45) is 3.74. The lowest BCUT2D eigenvalue weighted by Crippen LogP contribution is -2.29. The number of anilines is 2. The van der Waals surface area contributed by atoms with Crippen LogP contribution in [0, 0.1) is 5.82 Å². The van der Waals surface area contributed by atoms with Crippen molar-refractivity contribution in [1.29, 1.82) is 0 Å². The minimum atomic E-state index is -0.615. The van der Waals surface area contributed by atoms with Gasteiger partial charge in [0.25, 0.3) is 11.8 Å². The predicted octanol–water partition coefficient (Wildman–Crippen LogP) is 5.64. The molecule has 1 fully saturated rings. The predicted molar refractivity (Wildman–Crippen MR) is 151 cm³/mol. The van der Waals surface area contributed by atoms with Crippen LogP contribution in [0.2, 0.25) is 0 Å². The number of aromatic nitrogens is 1. The summed E-state index contributed by atoms with van der Waals surface area (Å²) in [4.78, 5) is 33.0. The van der Waals surface area contributed by atoms with Gasteiger partial charge in [-0.25, -0.2) is 4.39 Å². The molecule has 0 spiro atoms. The number of nitrogens with zero attached hydrogens (tertiary/aromatic N) is 2. The van der Waals surface area contributed by atoms with Crippen LogP contribution in [-0.2, 0) is 6.54 Å². The lowest BCUT2D eigenvalue weighted by molar-refractivity contribution is 0.101. The molecular formula is C31H29FN4O4. The summed E-state index contributed by atoms with van der Waals surface area (Å²) in [5, 5.41) is 6.19. The van der Waals surface area contributed by atoms with E-state index in [9.17, 15) is 14.0 Å². The number of nitrogens with one attached hydrogen (secondary N) is 2. The molecule has 3 aromatic carbocycles. The zero-order valence-electron chi connectivity index (χ0n) is 21.9. The molecule has 3 heterocycles. The van der Waals surface area contributed by atoms with Gasteiger partial charge in [0.2, 0.25) is 0 Å². The summed E-state index contributed by atoms with van der Waals surface area (Å²) in [5.41, 5.74) is 2.84. The van der Waals surface area contributed by atoms with Crippen LogP contribution in [0.5, 0.6) is 11.5 Å². The van der Waals surface area contributed by atoms with E-state index < -0.39 is 17.6 Å². The van der Waals surface area contributed by atoms with Gasteiger partial charge >= 0.3 is 0 Å². The van der Waals surface area contributed by atoms with Crippen LogP contribution in [0.4, 0.5) is 15.8 Å². The molecule has 2 amide bonds. The lowest BCUT2D eigenvalue weighted by Gasteiger charge is -2.26. The highest BCUT2D eigenvalue weighted by Gasteiger charge is 2.17. The molecule has 1 saturated heterocycles. The largest absolute Gasteiger partial charge is 0.486 e. The Morgan fingerprint density at radius 1 is 0.800 bits per heavy atom. The minimum Gasteiger partial charge on any atom is -0.486 e. The van der Waals surface area contributed by atoms with Crippen molar-refractivity contribution in [3.63, 3.8) is 0 Å². The Balaban J connectivity index is 1.14. The highest BCUT2D eigenvalue weighted by Crippen LogP contribution is 2.31. The van der Waals surface area contributed by atoms with Gasteiger partial charge in [0, 0.05) is 28.7 Å². The standard InChI is InChI=1S/C31H29FN4O4/c32-25-9-8-23(34-30(37)22-6-11-28-29(17-22)40-15-14-39-28)18-27(25)35-31(38)21-5-10-26-20(16-21)4-7-24(33-26)19-36-12-2-1-3-13-36/h4-11,16-18H,1-3,12-15,19H2,(H,34,37)(H,35,38). The molecule has 1 aromatic heterocycles. The van der Waals surface area contributed by atoms with Gasteiger partial charge in [-0.3, -0.25) is 19.5 Å². The third-order valence-corrected chi connectivity index (χ3v) is 7.12. The van der Waals surface area contributed by atoms with Crippen molar-refractivity contribution in [2.24, 2.45) is 0 Å². The first-order chi connectivity index (χ1) is 19.5. The number of likely N-dealkylation sites (tertiary alicyclic amines) is 1. The number of rotatable bonds is 6. The van der Waals surface area contributed by atoms with Crippen LogP contribution in [0.25, 0.3) is 10.9 Å². The third kappa shape index (κ3) is 5.74. The van der Waals surface area contributed by atoms with Crippen molar-refractivity contribution >= 4 is 34.1 Å². The summed E-state index contributed by atoms with van der Waals surface area (Å²) in [6.45, 7) is 3.88. The molecule has 2 aliphatic rings. The van der Waals surface area contributed by atoms with Crippen LogP contribution in [0.1, 0.15) is 45.7 Å². The van der Waals surface area contributed by atoms with Gasteiger partial charge in [-0.15, -0.1) is 0 Å². The van der Waals surface area contributed by atoms with Gasteiger partial charge in [0.1, 0.15) is 19.0 Å². The number of amides is 2. The van der Waals surface area contributed by atoms with Crippen molar-refractivity contribution in [3.05, 3.63) is 89.4 Å². The Labute approximate surface area is 231 Å². The van der Waals surface area contributed by atoms with E-state index in [1.807, 2.05) is 18.2 Å². The summed E-state index contributed by atoms with van der Waals surface area (Å²) < 4.78 is 25.6. The molecule has 2 aliphatic heterocycles. The highest BCUT2D eigenvalue weighted by atomic mass is 19.1. The second kappa shape index (κ2) is 11.3. The van der Waals surface area contributed by atoms with E-state index in [0.29, 0.717) is 41.5 Å². The molecule has 4 aromatic rings. The molecule has 0 unspecified atom stereocenters. The van der Waals surface area contributed by atoms with Gasteiger partial charge in [0.05, 0.1) is 16.9 Å². The summed E-state index contributed by atoms with van der Waals surface area (Å²) in [7, 11) is 0. The van der Waals surface area contributed by atoms with E-state index >= 15 is 0 Å². The maximum Gasteiger partial charge on any atom is 0.255 e. The Morgan fingerprint density at radius 3 is 2.40 bits per heavy atom. The van der Waals surface area contributed by atoms with Crippen LogP contribution in [0.15, 0.2) is 66.7 Å². The lowest BCUT2D eigenvalue weighted by atomic mass is 10.1. The van der Waals surface area contributed by atoms with Crippen LogP contribution in [-0.4, -0.2) is 48.0 Å². The zero-order chi connectivity index (χ0) is 27.5. The van der Waals surface area contributed by atoms with Crippen LogP contribution in [0.3, 0.4) is 0 Å². The average molecular weight is 541 g/mol. The van der Waals surface area contributed by atoms with Gasteiger partial charge in [-0.05, 0) is 86.6 Å². The number of piperidine rings is 1. The number of carbonyl (C=O) groups excluding carboxylic acids is 2. The smallest absolute Gasteiger partial charge is 0.255 e. The van der Waals surface area contributed by atoms with Gasteiger partial charge in [-0.1, -0.05) is 12.5 Å². The fourth-order valence-corrected chi connectivity index (χ4v) is 5.02. The normalized spacial score (nSPS) is 15.0. The molecule has 0 bridgehead atoms. The van der Waals surface area contributed by atoms with Crippen molar-refractivity contribution in [2.45, 2.75) is 25.8 Å². The van der Waals surface area contributed by atoms with E-state index in [-0.39, 0.29) is 5.69 Å². The number of pyridine rings is 1. The number of hydrogen-bond acceptors (Lipinski definition) is 6. The van der Waals surface area contributed by atoms with E-state index in [2.05, 4.69) is 15.5 Å². The third-order valence-electron chi connectivity index (χ3n) is 7.12. The monoisotopic (exact) mass is 540 g/mol. The molecular weight excluding hydrogens is 511 g/mol. The topological polar surface area (TPSA) is 92.8 Å². The van der Waals surface area contributed by atoms with E-state index in [1.54, 1.807) is 30.3 Å². The average Bonchev–Trinajstić information content (AvgIpc) is 2.98. The van der Waals surface area contributed by atoms with Crippen LogP contribution >= 0.6 is 0 Å². The molecule has 8 nitrogen and oxygen atoms in total. The number of benzene rings is 3. The van der Waals surface area contributed by atoms with Crippen LogP contribution < -0.4 is 20.1 Å². The summed E-state index contributed by atoms with van der Waals surface area (Å²) >= 11 is 0. The zero-order valence-corrected chi connectivity index (χ0v) is 21.9. The maximum atomic E-state index is 14.6. The van der Waals surface area contributed by atoms with Crippen molar-refractivity contribution < 1.29 is 23.5 Å². The summed E-state index contributed by atoms with van der Waals surface area (Å²) in [5.74, 6) is -0.404. The van der Waals surface area contributed by atoms with Gasteiger partial charge in [0.15, 0.2) is 11.5 Å². The van der Waals surface area contributed by atoms with E-state index in [1.165, 1.54) is 37.5 Å². The van der Waals surface area contributed by atoms with Gasteiger partial charge < -0.3 is 20.1 Å². The number of fused-ring (bicyclic) bond motifs is 2. The molecule has 0 radical (unpaired) electrons. The number of hydrogen-bond donors (Lipinski definition) is 2. The number of halogens is 1. The molecule has 9 heteroatoms. The van der Waals surface area contributed by atoms with Crippen molar-refractivity contribution in [3.8, 4) is 11.5 Å². The van der Waals surface area contributed by atoms with E-state index in [0.717, 1.165) is 36.2 Å². The Bertz CT molecular complexity index is 1590. The first-order valence-corrected chi connectivity index (χ1v) is 13.5. The Hall–Kier alpha value is -4.50. The highest BCUT2D eigenvalue weighted by molar-refractivity contribution is 6.07. The van der Waals surface area contributed by atoms with Gasteiger partial charge in [-0.2, -0.15) is 0 Å². The SMILES string of the molecule is O=C(Nc1ccc(F)c(NC(=O)c2ccc3nc(CN4CCCCC4)ccc3c2)c1)c1ccc2c(c1)OCCO2. The second-order valence-electron chi connectivity index (χ2n) is 10.0. The van der Waals surface area contributed by atoms with Crippen molar-refractivity contribution in [2.75, 3.05) is 36.9 Å². The first-order valence-electron chi connectivity index (χ1n) is 13.5. The number of ether oxygens (including phenoxy) is 2. The number of carbonyl (C=O) groups is 2. The second-order valence-corrected chi connectivity index (χ2v) is 10.0. The Kier molecular flexibility index (Phi) is 7.29. The molecule has 0 aliphatic carbocycles. The Morgan fingerprint density at radius 2 is 1.55 bits per heavy atom. The molecule has 0 saturated carbocycles. The maximum absolute atomic E-state index is 14.6. The fourth-order valence-electron chi connectivity index (χ4n) is 5.02. The molecule has 40 heavy (non-hydrogen) atoms. The van der Waals surface area contributed by atoms with E-state index in [4.69, 9.17) is 14.5 Å². The fraction of sp³-hybridized carbons (Fsp3) is 0.258. The minimum absolute atomic E-state index is 0.0416. The molecule has 6 rings (SSSR count). The van der Waals surface area contributed by atoms with Crippen molar-refractivity contribution in [1.82, 2.24) is 9.88 Å². The molecule has 204 valence electrons. The summed E-state index contributed by atoms with van der Waals surface area (Å²) in [6, 6.07) is 18.1. The molecule has 2 N–H and O–H groups in total. The first kappa shape index (κ1) is 25.8. The quantitative estimate of drug-likeness (QED) is 0.329.